The average molecular weight is 340 g/mol. The molecule has 1 aliphatic rings. The third kappa shape index (κ3) is 3.10. The zero-order chi connectivity index (χ0) is 17.2. The standard InChI is InChI=1S/C18H20N4O3/c1-24-16-10-12(2-3-15(16)23)14-11-19-18-5-4-17(21-22(14)18)20-13-6-8-25-9-7-13/h2-5,10-11,13,23H,6-9H2,1H3,(H,20,21). The van der Waals surface area contributed by atoms with Crippen LogP contribution in [0, 0.1) is 0 Å². The van der Waals surface area contributed by atoms with Crippen molar-refractivity contribution in [3.8, 4) is 22.8 Å². The highest BCUT2D eigenvalue weighted by molar-refractivity contribution is 5.67. The largest absolute Gasteiger partial charge is 0.504 e. The average Bonchev–Trinajstić information content (AvgIpc) is 3.06. The summed E-state index contributed by atoms with van der Waals surface area (Å²) in [4.78, 5) is 4.41. The number of rotatable bonds is 4. The van der Waals surface area contributed by atoms with Crippen LogP contribution in [0.3, 0.4) is 0 Å². The maximum Gasteiger partial charge on any atom is 0.161 e. The van der Waals surface area contributed by atoms with Crippen molar-refractivity contribution in [2.75, 3.05) is 25.6 Å². The molecule has 1 aliphatic heterocycles. The Labute approximate surface area is 145 Å². The van der Waals surface area contributed by atoms with Crippen LogP contribution in [0.4, 0.5) is 5.82 Å². The summed E-state index contributed by atoms with van der Waals surface area (Å²) in [5.41, 5.74) is 2.47. The number of imidazole rings is 1. The van der Waals surface area contributed by atoms with Gasteiger partial charge >= 0.3 is 0 Å². The highest BCUT2D eigenvalue weighted by atomic mass is 16.5. The summed E-state index contributed by atoms with van der Waals surface area (Å²) >= 11 is 0. The van der Waals surface area contributed by atoms with Crippen molar-refractivity contribution < 1.29 is 14.6 Å². The first-order valence-corrected chi connectivity index (χ1v) is 8.31. The molecule has 0 bridgehead atoms. The number of methoxy groups -OCH3 is 1. The van der Waals surface area contributed by atoms with E-state index in [4.69, 9.17) is 9.47 Å². The summed E-state index contributed by atoms with van der Waals surface area (Å²) in [7, 11) is 1.53. The molecule has 0 unspecified atom stereocenters. The van der Waals surface area contributed by atoms with E-state index in [1.54, 1.807) is 22.8 Å². The number of hydrogen-bond donors (Lipinski definition) is 2. The number of ether oxygens (including phenoxy) is 2. The number of nitrogens with zero attached hydrogens (tertiary/aromatic N) is 3. The number of aromatic hydroxyl groups is 1. The Hall–Kier alpha value is -2.80. The molecule has 3 heterocycles. The van der Waals surface area contributed by atoms with Gasteiger partial charge in [-0.3, -0.25) is 0 Å². The lowest BCUT2D eigenvalue weighted by Crippen LogP contribution is -2.28. The Kier molecular flexibility index (Phi) is 4.15. The van der Waals surface area contributed by atoms with Gasteiger partial charge in [0.15, 0.2) is 17.1 Å². The quantitative estimate of drug-likeness (QED) is 0.760. The second-order valence-electron chi connectivity index (χ2n) is 6.05. The van der Waals surface area contributed by atoms with Gasteiger partial charge in [-0.25, -0.2) is 9.50 Å². The fourth-order valence-electron chi connectivity index (χ4n) is 3.04. The molecule has 1 aromatic carbocycles. The zero-order valence-electron chi connectivity index (χ0n) is 14.0. The lowest BCUT2D eigenvalue weighted by atomic mass is 10.1. The van der Waals surface area contributed by atoms with Crippen LogP contribution in [0.25, 0.3) is 16.9 Å². The predicted octanol–water partition coefficient (Wildman–Crippen LogP) is 2.70. The number of nitrogens with one attached hydrogen (secondary N) is 1. The van der Waals surface area contributed by atoms with Crippen LogP contribution in [0.15, 0.2) is 36.5 Å². The zero-order valence-corrected chi connectivity index (χ0v) is 14.0. The summed E-state index contributed by atoms with van der Waals surface area (Å²) in [5, 5.41) is 17.9. The molecule has 7 heteroatoms. The second-order valence-corrected chi connectivity index (χ2v) is 6.05. The summed E-state index contributed by atoms with van der Waals surface area (Å²) < 4.78 is 12.4. The van der Waals surface area contributed by atoms with Crippen molar-refractivity contribution in [3.63, 3.8) is 0 Å². The number of phenolic OH excluding ortho intramolecular Hbond substituents is 1. The molecule has 0 radical (unpaired) electrons. The van der Waals surface area contributed by atoms with Gasteiger partial charge in [-0.1, -0.05) is 0 Å². The number of aromatic nitrogens is 3. The Bertz CT molecular complexity index is 887. The third-order valence-electron chi connectivity index (χ3n) is 4.41. The minimum Gasteiger partial charge on any atom is -0.504 e. The maximum atomic E-state index is 9.79. The second kappa shape index (κ2) is 6.60. The van der Waals surface area contributed by atoms with E-state index < -0.39 is 0 Å². The molecule has 0 atom stereocenters. The topological polar surface area (TPSA) is 80.9 Å². The van der Waals surface area contributed by atoms with Gasteiger partial charge < -0.3 is 19.9 Å². The molecule has 4 rings (SSSR count). The van der Waals surface area contributed by atoms with Crippen LogP contribution in [-0.4, -0.2) is 46.1 Å². The van der Waals surface area contributed by atoms with Gasteiger partial charge in [0.05, 0.1) is 19.0 Å². The first-order chi connectivity index (χ1) is 12.2. The fraction of sp³-hybridized carbons (Fsp3) is 0.333. The molecule has 0 amide bonds. The number of hydrogen-bond acceptors (Lipinski definition) is 6. The van der Waals surface area contributed by atoms with Crippen molar-refractivity contribution in [2.24, 2.45) is 0 Å². The van der Waals surface area contributed by atoms with Gasteiger partial charge in [0, 0.05) is 24.8 Å². The van der Waals surface area contributed by atoms with Crippen molar-refractivity contribution in [2.45, 2.75) is 18.9 Å². The Morgan fingerprint density at radius 1 is 1.24 bits per heavy atom. The fourth-order valence-corrected chi connectivity index (χ4v) is 3.04. The van der Waals surface area contributed by atoms with Gasteiger partial charge in [-0.2, -0.15) is 0 Å². The van der Waals surface area contributed by atoms with E-state index in [9.17, 15) is 5.11 Å². The molecule has 1 fully saturated rings. The molecule has 2 aromatic heterocycles. The molecular formula is C18H20N4O3. The van der Waals surface area contributed by atoms with Crippen LogP contribution in [0.1, 0.15) is 12.8 Å². The molecular weight excluding hydrogens is 320 g/mol. The van der Waals surface area contributed by atoms with E-state index in [1.165, 1.54) is 7.11 Å². The van der Waals surface area contributed by atoms with Gasteiger partial charge in [0.1, 0.15) is 5.82 Å². The van der Waals surface area contributed by atoms with Gasteiger partial charge in [-0.05, 0) is 43.2 Å². The van der Waals surface area contributed by atoms with E-state index in [2.05, 4.69) is 15.4 Å². The van der Waals surface area contributed by atoms with Crippen LogP contribution in [0.2, 0.25) is 0 Å². The summed E-state index contributed by atoms with van der Waals surface area (Å²) in [5.74, 6) is 1.34. The molecule has 3 aromatic rings. The highest BCUT2D eigenvalue weighted by Crippen LogP contribution is 2.31. The monoisotopic (exact) mass is 340 g/mol. The molecule has 25 heavy (non-hydrogen) atoms. The summed E-state index contributed by atoms with van der Waals surface area (Å²) in [6, 6.07) is 9.46. The van der Waals surface area contributed by atoms with Gasteiger partial charge in [0.25, 0.3) is 0 Å². The highest BCUT2D eigenvalue weighted by Gasteiger charge is 2.15. The number of fused-ring (bicyclic) bond motifs is 1. The van der Waals surface area contributed by atoms with E-state index in [1.807, 2.05) is 18.2 Å². The van der Waals surface area contributed by atoms with E-state index in [-0.39, 0.29) is 5.75 Å². The van der Waals surface area contributed by atoms with Crippen LogP contribution >= 0.6 is 0 Å². The Morgan fingerprint density at radius 3 is 2.88 bits per heavy atom. The molecule has 0 spiro atoms. The normalized spacial score (nSPS) is 15.4. The van der Waals surface area contributed by atoms with Crippen molar-refractivity contribution in [1.29, 1.82) is 0 Å². The van der Waals surface area contributed by atoms with E-state index in [0.717, 1.165) is 48.8 Å². The van der Waals surface area contributed by atoms with Gasteiger partial charge in [0.2, 0.25) is 0 Å². The Balaban J connectivity index is 1.68. The van der Waals surface area contributed by atoms with E-state index in [0.29, 0.717) is 11.8 Å². The van der Waals surface area contributed by atoms with E-state index >= 15 is 0 Å². The van der Waals surface area contributed by atoms with Crippen LogP contribution in [0.5, 0.6) is 11.5 Å². The minimum atomic E-state index is 0.106. The molecule has 1 saturated heterocycles. The number of anilines is 1. The Morgan fingerprint density at radius 2 is 2.08 bits per heavy atom. The van der Waals surface area contributed by atoms with Crippen molar-refractivity contribution >= 4 is 11.5 Å². The van der Waals surface area contributed by atoms with Crippen LogP contribution in [-0.2, 0) is 4.74 Å². The minimum absolute atomic E-state index is 0.106. The molecule has 130 valence electrons. The third-order valence-corrected chi connectivity index (χ3v) is 4.41. The predicted molar refractivity (Wildman–Crippen MR) is 94.1 cm³/mol. The first kappa shape index (κ1) is 15.7. The summed E-state index contributed by atoms with van der Waals surface area (Å²) in [6.07, 6.45) is 3.73. The van der Waals surface area contributed by atoms with Gasteiger partial charge in [-0.15, -0.1) is 5.10 Å². The first-order valence-electron chi connectivity index (χ1n) is 8.31. The molecule has 7 nitrogen and oxygen atoms in total. The number of benzene rings is 1. The summed E-state index contributed by atoms with van der Waals surface area (Å²) in [6.45, 7) is 1.56. The smallest absolute Gasteiger partial charge is 0.161 e. The maximum absolute atomic E-state index is 9.79. The number of phenols is 1. The lowest BCUT2D eigenvalue weighted by Gasteiger charge is -2.23. The lowest BCUT2D eigenvalue weighted by molar-refractivity contribution is 0.0903. The van der Waals surface area contributed by atoms with Crippen molar-refractivity contribution in [3.05, 3.63) is 36.5 Å². The SMILES string of the molecule is COc1cc(-c2cnc3ccc(NC4CCOCC4)nn23)ccc1O. The molecule has 0 aliphatic carbocycles. The molecule has 0 saturated carbocycles. The molecule has 2 N–H and O–H groups in total. The van der Waals surface area contributed by atoms with Crippen LogP contribution < -0.4 is 10.1 Å². The van der Waals surface area contributed by atoms with Crippen molar-refractivity contribution in [1.82, 2.24) is 14.6 Å².